The van der Waals surface area contributed by atoms with E-state index in [1.807, 2.05) is 0 Å². The van der Waals surface area contributed by atoms with Crippen LogP contribution in [0.3, 0.4) is 0 Å². The Labute approximate surface area is 296 Å². The molecule has 0 saturated carbocycles. The van der Waals surface area contributed by atoms with Gasteiger partial charge in [0.1, 0.15) is 12.2 Å². The number of fused-ring (bicyclic) bond motifs is 1. The molecule has 2 aliphatic heterocycles. The molecule has 3 aromatic rings. The standard InChI is InChI=1S/C32H36F8N10O3/c1-2-49-24(5-8-42-49)28(53)45-26(18-3-6-30(33,34)7-4-18)23-15-50-29(44-23)43-22(14-47-9-10-48(25(51)16-47)17-31(35,36)37)21(46-50)12-19-11-20(32(38,39)40)13-41-27(19)52/h3,5,8,15,19-20,26H,2,4,6-7,9-14,16-17H2,1H3,(H,41,52)(H,45,53)/t19-,20-,26+/m1/s1. The Balaban J connectivity index is 1.35. The van der Waals surface area contributed by atoms with Crippen molar-refractivity contribution in [3.63, 3.8) is 0 Å². The van der Waals surface area contributed by atoms with Gasteiger partial charge >= 0.3 is 12.4 Å². The van der Waals surface area contributed by atoms with Crippen LogP contribution in [0.4, 0.5) is 35.1 Å². The van der Waals surface area contributed by atoms with E-state index >= 15 is 0 Å². The highest BCUT2D eigenvalue weighted by molar-refractivity contribution is 5.93. The fourth-order valence-electron chi connectivity index (χ4n) is 6.79. The lowest BCUT2D eigenvalue weighted by Gasteiger charge is -2.34. The van der Waals surface area contributed by atoms with Gasteiger partial charge in [0, 0.05) is 64.1 Å². The second-order valence-electron chi connectivity index (χ2n) is 13.5. The van der Waals surface area contributed by atoms with Crippen LogP contribution >= 0.6 is 0 Å². The largest absolute Gasteiger partial charge is 0.406 e. The van der Waals surface area contributed by atoms with Crippen molar-refractivity contribution in [2.45, 2.75) is 76.4 Å². The van der Waals surface area contributed by atoms with Gasteiger partial charge in [0.2, 0.25) is 11.8 Å². The van der Waals surface area contributed by atoms with E-state index in [0.717, 1.165) is 0 Å². The molecule has 3 aliphatic rings. The zero-order valence-electron chi connectivity index (χ0n) is 28.4. The lowest BCUT2D eigenvalue weighted by Crippen LogP contribution is -2.52. The Morgan fingerprint density at radius 3 is 2.55 bits per heavy atom. The van der Waals surface area contributed by atoms with Crippen LogP contribution in [0, 0.1) is 11.8 Å². The maximum absolute atomic E-state index is 14.2. The molecule has 0 aromatic carbocycles. The Morgan fingerprint density at radius 2 is 1.89 bits per heavy atom. The zero-order chi connectivity index (χ0) is 38.3. The van der Waals surface area contributed by atoms with Crippen molar-refractivity contribution in [3.8, 4) is 0 Å². The number of halogens is 8. The summed E-state index contributed by atoms with van der Waals surface area (Å²) in [7, 11) is 0. The summed E-state index contributed by atoms with van der Waals surface area (Å²) in [5.74, 6) is -7.96. The normalized spacial score (nSPS) is 22.1. The van der Waals surface area contributed by atoms with Gasteiger partial charge in [-0.05, 0) is 31.4 Å². The van der Waals surface area contributed by atoms with E-state index in [9.17, 15) is 49.5 Å². The van der Waals surface area contributed by atoms with E-state index in [0.29, 0.717) is 17.0 Å². The second-order valence-corrected chi connectivity index (χ2v) is 13.5. The SMILES string of the molecule is CCn1nccc1C(=O)N[C@@H](C1=CCC(F)(F)CC1)c1cn2nc(C[C@H]3C[C@@H](C(F)(F)F)CNC3=O)c(CN3CCN(CC(F)(F)F)C(=O)C3)nc2n1. The molecule has 2 fully saturated rings. The third-order valence-electron chi connectivity index (χ3n) is 9.62. The van der Waals surface area contributed by atoms with Crippen LogP contribution in [0.1, 0.15) is 66.2 Å². The Bertz CT molecular complexity index is 1890. The van der Waals surface area contributed by atoms with E-state index in [2.05, 4.69) is 30.8 Å². The highest BCUT2D eigenvalue weighted by Crippen LogP contribution is 2.38. The van der Waals surface area contributed by atoms with Gasteiger partial charge in [0.15, 0.2) is 0 Å². The number of piperidine rings is 1. The van der Waals surface area contributed by atoms with Gasteiger partial charge in [-0.25, -0.2) is 23.3 Å². The first-order valence-electron chi connectivity index (χ1n) is 16.9. The van der Waals surface area contributed by atoms with Crippen molar-refractivity contribution in [2.24, 2.45) is 11.8 Å². The third-order valence-corrected chi connectivity index (χ3v) is 9.62. The molecule has 0 radical (unpaired) electrons. The number of nitrogens with one attached hydrogen (secondary N) is 2. The number of alkyl halides is 8. The second kappa shape index (κ2) is 14.6. The zero-order valence-corrected chi connectivity index (χ0v) is 28.4. The quantitative estimate of drug-likeness (QED) is 0.236. The first-order valence-corrected chi connectivity index (χ1v) is 16.9. The maximum Gasteiger partial charge on any atom is 0.406 e. The number of hydrogen-bond donors (Lipinski definition) is 2. The molecule has 13 nitrogen and oxygen atoms in total. The lowest BCUT2D eigenvalue weighted by molar-refractivity contribution is -0.183. The molecule has 5 heterocycles. The summed E-state index contributed by atoms with van der Waals surface area (Å²) in [5, 5.41) is 13.8. The predicted octanol–water partition coefficient (Wildman–Crippen LogP) is 3.62. The summed E-state index contributed by atoms with van der Waals surface area (Å²) in [6, 6.07) is 0.466. The number of rotatable bonds is 10. The van der Waals surface area contributed by atoms with Gasteiger partial charge in [0.25, 0.3) is 17.6 Å². The minimum Gasteiger partial charge on any atom is -0.355 e. The van der Waals surface area contributed by atoms with Crippen LogP contribution in [-0.4, -0.2) is 108 Å². The fourth-order valence-corrected chi connectivity index (χ4v) is 6.79. The average Bonchev–Trinajstić information content (AvgIpc) is 3.72. The van der Waals surface area contributed by atoms with Gasteiger partial charge in [-0.2, -0.15) is 36.5 Å². The summed E-state index contributed by atoms with van der Waals surface area (Å²) in [6.07, 6.45) is -6.97. The minimum atomic E-state index is -4.60. The van der Waals surface area contributed by atoms with Crippen LogP contribution in [0.25, 0.3) is 5.78 Å². The van der Waals surface area contributed by atoms with Gasteiger partial charge < -0.3 is 15.5 Å². The average molecular weight is 761 g/mol. The number of piperazine rings is 1. The molecule has 2 N–H and O–H groups in total. The molecule has 0 bridgehead atoms. The number of carbonyl (C=O) groups is 3. The van der Waals surface area contributed by atoms with Crippen molar-refractivity contribution >= 4 is 23.5 Å². The van der Waals surface area contributed by atoms with Crippen molar-refractivity contribution in [3.05, 3.63) is 52.9 Å². The van der Waals surface area contributed by atoms with Gasteiger partial charge in [-0.15, -0.1) is 0 Å². The summed E-state index contributed by atoms with van der Waals surface area (Å²) < 4.78 is 111. The van der Waals surface area contributed by atoms with E-state index in [4.69, 9.17) is 0 Å². The number of aromatic nitrogens is 6. The number of allylic oxidation sites excluding steroid dienone is 1. The molecular weight excluding hydrogens is 724 g/mol. The van der Waals surface area contributed by atoms with E-state index < -0.39 is 92.8 Å². The molecule has 2 saturated heterocycles. The highest BCUT2D eigenvalue weighted by atomic mass is 19.4. The van der Waals surface area contributed by atoms with Crippen molar-refractivity contribution in [2.75, 3.05) is 32.7 Å². The monoisotopic (exact) mass is 760 g/mol. The molecule has 1 aliphatic carbocycles. The Hall–Kier alpha value is -4.69. The number of aryl methyl sites for hydroxylation is 1. The molecule has 6 rings (SSSR count). The molecule has 288 valence electrons. The van der Waals surface area contributed by atoms with Gasteiger partial charge in [-0.3, -0.25) is 24.0 Å². The Kier molecular flexibility index (Phi) is 10.5. The van der Waals surface area contributed by atoms with Crippen LogP contribution in [0.15, 0.2) is 30.1 Å². The molecular formula is C32H36F8N10O3. The maximum atomic E-state index is 14.2. The van der Waals surface area contributed by atoms with Crippen LogP contribution in [-0.2, 0) is 29.1 Å². The van der Waals surface area contributed by atoms with Gasteiger partial charge in [-0.1, -0.05) is 6.08 Å². The molecule has 0 unspecified atom stereocenters. The predicted molar refractivity (Wildman–Crippen MR) is 168 cm³/mol. The fraction of sp³-hybridized carbons (Fsp3) is 0.594. The highest BCUT2D eigenvalue weighted by Gasteiger charge is 2.45. The summed E-state index contributed by atoms with van der Waals surface area (Å²) >= 11 is 0. The van der Waals surface area contributed by atoms with Gasteiger partial charge in [0.05, 0.1) is 41.8 Å². The smallest absolute Gasteiger partial charge is 0.355 e. The van der Waals surface area contributed by atoms with Crippen LogP contribution in [0.5, 0.6) is 0 Å². The topological polar surface area (TPSA) is 143 Å². The number of imidazole rings is 1. The number of carbonyl (C=O) groups excluding carboxylic acids is 3. The number of amides is 3. The lowest BCUT2D eigenvalue weighted by atomic mass is 9.86. The number of nitrogens with zero attached hydrogens (tertiary/aromatic N) is 8. The van der Waals surface area contributed by atoms with E-state index in [1.54, 1.807) is 6.92 Å². The van der Waals surface area contributed by atoms with Crippen molar-refractivity contribution in [1.82, 2.24) is 49.8 Å². The first-order chi connectivity index (χ1) is 24.9. The van der Waals surface area contributed by atoms with E-state index in [1.165, 1.54) is 38.6 Å². The van der Waals surface area contributed by atoms with Crippen molar-refractivity contribution in [1.29, 1.82) is 0 Å². The molecule has 0 spiro atoms. The van der Waals surface area contributed by atoms with E-state index in [-0.39, 0.29) is 61.0 Å². The summed E-state index contributed by atoms with van der Waals surface area (Å²) in [6.45, 7) is -0.670. The first kappa shape index (κ1) is 38.0. The Morgan fingerprint density at radius 1 is 1.11 bits per heavy atom. The molecule has 3 atom stereocenters. The van der Waals surface area contributed by atoms with Crippen LogP contribution < -0.4 is 10.6 Å². The minimum absolute atomic E-state index is 0.00904. The molecule has 21 heteroatoms. The van der Waals surface area contributed by atoms with Crippen LogP contribution in [0.2, 0.25) is 0 Å². The molecule has 3 amide bonds. The summed E-state index contributed by atoms with van der Waals surface area (Å²) in [5.41, 5.74) is 1.01. The number of hydrogen-bond acceptors (Lipinski definition) is 8. The molecule has 53 heavy (non-hydrogen) atoms. The van der Waals surface area contributed by atoms with Crippen molar-refractivity contribution < 1.29 is 49.5 Å². The molecule has 3 aromatic heterocycles. The third kappa shape index (κ3) is 8.93. The summed E-state index contributed by atoms with van der Waals surface area (Å²) in [4.78, 5) is 50.2.